The highest BCUT2D eigenvalue weighted by Crippen LogP contribution is 2.30. The summed E-state index contributed by atoms with van der Waals surface area (Å²) in [5, 5.41) is 12.0. The summed E-state index contributed by atoms with van der Waals surface area (Å²) >= 11 is 0. The Morgan fingerprint density at radius 3 is 2.65 bits per heavy atom. The fourth-order valence-electron chi connectivity index (χ4n) is 4.24. The van der Waals surface area contributed by atoms with E-state index in [-0.39, 0.29) is 54.4 Å². The number of halogens is 3. The van der Waals surface area contributed by atoms with Gasteiger partial charge in [-0.2, -0.15) is 17.5 Å². The molecule has 1 aliphatic heterocycles. The molecule has 1 aromatic carbocycles. The molecule has 0 spiro atoms. The Balaban J connectivity index is 1.92. The summed E-state index contributed by atoms with van der Waals surface area (Å²) in [6.45, 7) is 3.24. The van der Waals surface area contributed by atoms with E-state index in [1.54, 1.807) is 20.9 Å². The number of aliphatic hydroxyl groups is 1. The van der Waals surface area contributed by atoms with E-state index in [0.29, 0.717) is 5.56 Å². The Bertz CT molecular complexity index is 1320. The van der Waals surface area contributed by atoms with Gasteiger partial charge in [-0.1, -0.05) is 6.92 Å². The first-order valence-electron chi connectivity index (χ1n) is 12.6. The fraction of sp³-hybridized carbons (Fsp3) is 0.560. The summed E-state index contributed by atoms with van der Waals surface area (Å²) in [6, 6.07) is 3.83. The minimum Gasteiger partial charge on any atom is -0.488 e. The van der Waals surface area contributed by atoms with E-state index in [2.05, 4.69) is 10.3 Å². The van der Waals surface area contributed by atoms with E-state index >= 15 is 0 Å². The maximum Gasteiger partial charge on any atom is 0.389 e. The van der Waals surface area contributed by atoms with Crippen LogP contribution >= 0.6 is 0 Å². The molecule has 0 saturated heterocycles. The molecule has 0 aliphatic carbocycles. The molecule has 2 N–H and O–H groups in total. The number of aryl methyl sites for hydroxylation is 1. The normalized spacial score (nSPS) is 19.3. The lowest BCUT2D eigenvalue weighted by Crippen LogP contribution is -2.48. The molecule has 2 amide bonds. The Morgan fingerprint density at radius 2 is 2.05 bits per heavy atom. The van der Waals surface area contributed by atoms with Crippen molar-refractivity contribution in [2.45, 2.75) is 56.5 Å². The van der Waals surface area contributed by atoms with Crippen molar-refractivity contribution in [1.29, 1.82) is 0 Å². The van der Waals surface area contributed by atoms with Crippen LogP contribution in [0.5, 0.6) is 5.75 Å². The molecule has 1 aromatic heterocycles. The third-order valence-corrected chi connectivity index (χ3v) is 8.34. The number of carbonyl (C=O) groups excluding carboxylic acids is 2. The Labute approximate surface area is 231 Å². The molecule has 2 heterocycles. The zero-order chi connectivity index (χ0) is 29.8. The Morgan fingerprint density at radius 1 is 1.35 bits per heavy atom. The number of nitrogens with one attached hydrogen (secondary N) is 1. The maximum absolute atomic E-state index is 13.3. The number of likely N-dealkylation sites (N-methyl/N-ethyl adjacent to an activating group) is 1. The number of alkyl halides is 3. The summed E-state index contributed by atoms with van der Waals surface area (Å²) in [7, 11) is -0.915. The highest BCUT2D eigenvalue weighted by atomic mass is 32.2. The first kappa shape index (κ1) is 31.4. The number of imidazole rings is 1. The summed E-state index contributed by atoms with van der Waals surface area (Å²) in [5.74, 6) is -1.29. The van der Waals surface area contributed by atoms with Gasteiger partial charge < -0.3 is 24.6 Å². The smallest absolute Gasteiger partial charge is 0.389 e. The van der Waals surface area contributed by atoms with Gasteiger partial charge in [0, 0.05) is 50.4 Å². The maximum atomic E-state index is 13.3. The van der Waals surface area contributed by atoms with Gasteiger partial charge in [0.2, 0.25) is 11.8 Å². The zero-order valence-corrected chi connectivity index (χ0v) is 23.5. The van der Waals surface area contributed by atoms with E-state index in [0.717, 1.165) is 4.31 Å². The minimum absolute atomic E-state index is 0.0923. The largest absolute Gasteiger partial charge is 0.488 e. The number of rotatable bonds is 9. The first-order chi connectivity index (χ1) is 18.6. The average molecular weight is 590 g/mol. The van der Waals surface area contributed by atoms with Crippen LogP contribution < -0.4 is 10.1 Å². The van der Waals surface area contributed by atoms with Crippen molar-refractivity contribution >= 4 is 27.5 Å². The molecule has 3 rings (SSSR count). The van der Waals surface area contributed by atoms with Crippen LogP contribution in [0.2, 0.25) is 0 Å². The number of nitrogens with zero attached hydrogens (tertiary/aromatic N) is 4. The Hall–Kier alpha value is -3.17. The molecule has 1 aliphatic rings. The van der Waals surface area contributed by atoms with Crippen molar-refractivity contribution in [3.05, 3.63) is 36.3 Å². The van der Waals surface area contributed by atoms with Gasteiger partial charge in [0.05, 0.1) is 38.4 Å². The second-order valence-corrected chi connectivity index (χ2v) is 12.0. The van der Waals surface area contributed by atoms with Gasteiger partial charge in [0.15, 0.2) is 5.03 Å². The van der Waals surface area contributed by atoms with Crippen LogP contribution in [0.3, 0.4) is 0 Å². The highest BCUT2D eigenvalue weighted by molar-refractivity contribution is 7.89. The number of sulfonamides is 1. The molecule has 3 atom stereocenters. The van der Waals surface area contributed by atoms with Crippen LogP contribution in [0.4, 0.5) is 18.9 Å². The molecule has 15 heteroatoms. The van der Waals surface area contributed by atoms with Crippen molar-refractivity contribution in [2.75, 3.05) is 32.1 Å². The van der Waals surface area contributed by atoms with Crippen LogP contribution in [-0.2, 0) is 33.1 Å². The summed E-state index contributed by atoms with van der Waals surface area (Å²) in [6.07, 6.45) is -4.67. The summed E-state index contributed by atoms with van der Waals surface area (Å²) < 4.78 is 72.6. The first-order valence-corrected chi connectivity index (χ1v) is 14.1. The fourth-order valence-corrected chi connectivity index (χ4v) is 5.38. The Kier molecular flexibility index (Phi) is 9.85. The molecule has 0 fully saturated rings. The van der Waals surface area contributed by atoms with Crippen LogP contribution in [0.15, 0.2) is 35.7 Å². The van der Waals surface area contributed by atoms with E-state index in [9.17, 15) is 36.3 Å². The molecule has 0 radical (unpaired) electrons. The molecule has 222 valence electrons. The van der Waals surface area contributed by atoms with Crippen molar-refractivity contribution in [3.63, 3.8) is 0 Å². The molecule has 2 aromatic rings. The van der Waals surface area contributed by atoms with Crippen molar-refractivity contribution in [1.82, 2.24) is 18.8 Å². The number of ether oxygens (including phenoxy) is 1. The molecular weight excluding hydrogens is 555 g/mol. The third kappa shape index (κ3) is 7.95. The van der Waals surface area contributed by atoms with E-state index in [1.807, 2.05) is 0 Å². The van der Waals surface area contributed by atoms with Crippen LogP contribution in [0, 0.1) is 5.92 Å². The third-order valence-electron chi connectivity index (χ3n) is 6.63. The number of hydrogen-bond donors (Lipinski definition) is 2. The van der Waals surface area contributed by atoms with Crippen LogP contribution in [0.1, 0.15) is 32.3 Å². The van der Waals surface area contributed by atoms with Gasteiger partial charge in [0.1, 0.15) is 11.9 Å². The topological polar surface area (TPSA) is 134 Å². The van der Waals surface area contributed by atoms with Gasteiger partial charge in [0.25, 0.3) is 10.0 Å². The van der Waals surface area contributed by atoms with Gasteiger partial charge >= 0.3 is 6.18 Å². The molecule has 0 unspecified atom stereocenters. The number of anilines is 1. The number of amides is 2. The van der Waals surface area contributed by atoms with Crippen molar-refractivity contribution in [3.8, 4) is 5.75 Å². The number of carbonyl (C=O) groups is 2. The summed E-state index contributed by atoms with van der Waals surface area (Å²) in [5.41, 5.74) is 0.533. The number of hydrogen-bond acceptors (Lipinski definition) is 7. The lowest BCUT2D eigenvalue weighted by molar-refractivity contribution is -0.142. The standard InChI is InChI=1S/C25H34F3N5O6S/c1-16-11-33(17(2)14-34)24(36)10-18-9-19(30-22(35)7-8-25(26,27)28)5-6-20(18)39-21(16)12-32(4)40(37,38)23-13-31(3)15-29-23/h5-6,9,13,15-17,21,34H,7-8,10-12,14H2,1-4H3,(H,30,35)/t16-,17+,21+/m1/s1. The predicted molar refractivity (Wildman–Crippen MR) is 139 cm³/mol. The highest BCUT2D eigenvalue weighted by Gasteiger charge is 2.34. The monoisotopic (exact) mass is 589 g/mol. The van der Waals surface area contributed by atoms with E-state index in [4.69, 9.17) is 4.74 Å². The van der Waals surface area contributed by atoms with Gasteiger partial charge in [-0.25, -0.2) is 13.4 Å². The second-order valence-electron chi connectivity index (χ2n) is 10.0. The molecule has 0 saturated carbocycles. The second kappa shape index (κ2) is 12.6. The SMILES string of the molecule is C[C@@H]1CN([C@@H](C)CO)C(=O)Cc2cc(NC(=O)CCC(F)(F)F)ccc2O[C@H]1CN(C)S(=O)(=O)c1cn(C)cn1. The minimum atomic E-state index is -4.47. The summed E-state index contributed by atoms with van der Waals surface area (Å²) in [4.78, 5) is 30.8. The van der Waals surface area contributed by atoms with Gasteiger partial charge in [-0.05, 0) is 25.1 Å². The van der Waals surface area contributed by atoms with Crippen molar-refractivity contribution < 1.29 is 41.0 Å². The molecule has 0 bridgehead atoms. The zero-order valence-electron chi connectivity index (χ0n) is 22.7. The van der Waals surface area contributed by atoms with E-state index in [1.165, 1.54) is 47.2 Å². The lowest BCUT2D eigenvalue weighted by Gasteiger charge is -2.33. The predicted octanol–water partition coefficient (Wildman–Crippen LogP) is 2.17. The number of aromatic nitrogens is 2. The van der Waals surface area contributed by atoms with Crippen molar-refractivity contribution in [2.24, 2.45) is 13.0 Å². The number of aliphatic hydroxyl groups excluding tert-OH is 1. The average Bonchev–Trinajstić information content (AvgIpc) is 3.33. The van der Waals surface area contributed by atoms with Gasteiger partial charge in [-0.15, -0.1) is 0 Å². The molecule has 11 nitrogen and oxygen atoms in total. The van der Waals surface area contributed by atoms with Gasteiger partial charge in [-0.3, -0.25) is 9.59 Å². The quantitative estimate of drug-likeness (QED) is 0.458. The van der Waals surface area contributed by atoms with E-state index < -0.39 is 47.1 Å². The number of fused-ring (bicyclic) bond motifs is 1. The molecule has 40 heavy (non-hydrogen) atoms. The number of benzene rings is 1. The van der Waals surface area contributed by atoms with Crippen LogP contribution in [-0.4, -0.2) is 89.2 Å². The lowest BCUT2D eigenvalue weighted by atomic mass is 10.0. The molecular formula is C25H34F3N5O6S. The van der Waals surface area contributed by atoms with Crippen LogP contribution in [0.25, 0.3) is 0 Å².